The molecule has 5 rings (SSSR count). The second-order valence-corrected chi connectivity index (χ2v) is 9.38. The van der Waals surface area contributed by atoms with Crippen molar-refractivity contribution in [2.24, 2.45) is 0 Å². The summed E-state index contributed by atoms with van der Waals surface area (Å²) in [5, 5.41) is 8.16. The monoisotopic (exact) mass is 512 g/mol. The first-order valence-electron chi connectivity index (χ1n) is 12.1. The van der Waals surface area contributed by atoms with Crippen LogP contribution in [0.5, 0.6) is 5.75 Å². The molecule has 2 aliphatic rings. The van der Waals surface area contributed by atoms with Crippen molar-refractivity contribution in [3.8, 4) is 5.75 Å². The van der Waals surface area contributed by atoms with E-state index in [-0.39, 0.29) is 5.69 Å². The first-order valence-corrected chi connectivity index (χ1v) is 12.1. The third-order valence-electron chi connectivity index (χ3n) is 7.04. The Hall–Kier alpha value is -3.82. The lowest BCUT2D eigenvalue weighted by molar-refractivity contribution is -0.137. The molecule has 0 amide bonds. The molecule has 0 radical (unpaired) electrons. The van der Waals surface area contributed by atoms with Crippen LogP contribution < -0.4 is 14.5 Å². The minimum Gasteiger partial charge on any atom is -0.485 e. The van der Waals surface area contributed by atoms with E-state index in [0.29, 0.717) is 37.6 Å². The van der Waals surface area contributed by atoms with Crippen LogP contribution in [0.25, 0.3) is 0 Å². The Kier molecular flexibility index (Phi) is 6.66. The van der Waals surface area contributed by atoms with Crippen LogP contribution in [-0.4, -0.2) is 48.5 Å². The van der Waals surface area contributed by atoms with E-state index in [1.54, 1.807) is 18.2 Å². The number of hydrogen-bond donors (Lipinski definition) is 0. The summed E-state index contributed by atoms with van der Waals surface area (Å²) in [5.74, 6) is 0.891. The molecule has 0 saturated carbocycles. The highest BCUT2D eigenvalue weighted by atomic mass is 19.4. The predicted molar refractivity (Wildman–Crippen MR) is 132 cm³/mol. The van der Waals surface area contributed by atoms with E-state index in [2.05, 4.69) is 24.7 Å². The summed E-state index contributed by atoms with van der Waals surface area (Å²) in [7, 11) is 1.30. The van der Waals surface area contributed by atoms with E-state index in [4.69, 9.17) is 4.74 Å². The molecule has 3 heterocycles. The van der Waals surface area contributed by atoms with Crippen LogP contribution in [0.1, 0.15) is 40.9 Å². The number of rotatable bonds is 4. The van der Waals surface area contributed by atoms with Gasteiger partial charge < -0.3 is 19.3 Å². The predicted octanol–water partition coefficient (Wildman–Crippen LogP) is 5.11. The fourth-order valence-corrected chi connectivity index (χ4v) is 4.98. The molecule has 0 unspecified atom stereocenters. The first-order chi connectivity index (χ1) is 17.8. The van der Waals surface area contributed by atoms with Gasteiger partial charge in [0.15, 0.2) is 11.5 Å². The molecule has 1 saturated heterocycles. The van der Waals surface area contributed by atoms with Gasteiger partial charge in [-0.2, -0.15) is 13.2 Å². The Morgan fingerprint density at radius 2 is 1.76 bits per heavy atom. The smallest absolute Gasteiger partial charge is 0.416 e. The fraction of sp³-hybridized carbons (Fsp3) is 0.370. The lowest BCUT2D eigenvalue weighted by atomic mass is 9.87. The van der Waals surface area contributed by atoms with E-state index in [0.717, 1.165) is 36.8 Å². The van der Waals surface area contributed by atoms with Crippen molar-refractivity contribution in [1.82, 2.24) is 10.2 Å². The molecule has 10 heteroatoms. The topological polar surface area (TPSA) is 67.8 Å². The second-order valence-electron chi connectivity index (χ2n) is 9.38. The van der Waals surface area contributed by atoms with Crippen molar-refractivity contribution in [1.29, 1.82) is 0 Å². The highest BCUT2D eigenvalue weighted by Crippen LogP contribution is 2.41. The summed E-state index contributed by atoms with van der Waals surface area (Å²) < 4.78 is 51.1. The number of methoxy groups -OCH3 is 1. The number of hydrogen-bond acceptors (Lipinski definition) is 7. The number of alkyl halides is 3. The summed E-state index contributed by atoms with van der Waals surface area (Å²) in [5.41, 5.74) is 0.599. The molecule has 0 N–H and O–H groups in total. The zero-order valence-corrected chi connectivity index (χ0v) is 20.4. The number of carbonyl (C=O) groups is 1. The van der Waals surface area contributed by atoms with Gasteiger partial charge in [-0.3, -0.25) is 0 Å². The number of esters is 1. The van der Waals surface area contributed by atoms with Crippen molar-refractivity contribution in [2.75, 3.05) is 36.5 Å². The van der Waals surface area contributed by atoms with Gasteiger partial charge in [0, 0.05) is 45.4 Å². The normalized spacial score (nSPS) is 17.1. The average molecular weight is 513 g/mol. The Bertz CT molecular complexity index is 1260. The number of benzene rings is 2. The number of nitrogens with zero attached hydrogens (tertiary/aromatic N) is 4. The van der Waals surface area contributed by atoms with Crippen LogP contribution >= 0.6 is 0 Å². The van der Waals surface area contributed by atoms with E-state index < -0.39 is 23.3 Å². The minimum atomic E-state index is -4.38. The summed E-state index contributed by atoms with van der Waals surface area (Å²) >= 11 is 0. The van der Waals surface area contributed by atoms with Crippen molar-refractivity contribution in [3.05, 3.63) is 77.5 Å². The van der Waals surface area contributed by atoms with Gasteiger partial charge >= 0.3 is 12.1 Å². The summed E-state index contributed by atoms with van der Waals surface area (Å²) in [4.78, 5) is 15.8. The Morgan fingerprint density at radius 1 is 1.00 bits per heavy atom. The van der Waals surface area contributed by atoms with Gasteiger partial charge in [0.1, 0.15) is 11.4 Å². The lowest BCUT2D eigenvalue weighted by Gasteiger charge is -2.41. The van der Waals surface area contributed by atoms with Gasteiger partial charge in [0.2, 0.25) is 0 Å². The third-order valence-corrected chi connectivity index (χ3v) is 7.04. The molecular weight excluding hydrogens is 485 g/mol. The Labute approximate surface area is 212 Å². The van der Waals surface area contributed by atoms with Crippen molar-refractivity contribution < 1.29 is 27.4 Å². The maximum absolute atomic E-state index is 13.2. The van der Waals surface area contributed by atoms with E-state index >= 15 is 0 Å². The number of piperidine rings is 1. The minimum absolute atomic E-state index is 0.157. The maximum Gasteiger partial charge on any atom is 0.416 e. The van der Waals surface area contributed by atoms with E-state index in [9.17, 15) is 18.0 Å². The fourth-order valence-electron chi connectivity index (χ4n) is 4.98. The third kappa shape index (κ3) is 5.33. The maximum atomic E-state index is 13.2. The Balaban J connectivity index is 1.31. The molecule has 3 aromatic rings. The number of halogens is 3. The van der Waals surface area contributed by atoms with Gasteiger partial charge in [-0.15, -0.1) is 10.2 Å². The summed E-state index contributed by atoms with van der Waals surface area (Å²) in [6, 6.07) is 16.6. The molecule has 37 heavy (non-hydrogen) atoms. The van der Waals surface area contributed by atoms with Gasteiger partial charge in [0.05, 0.1) is 18.4 Å². The van der Waals surface area contributed by atoms with Gasteiger partial charge in [-0.1, -0.05) is 24.3 Å². The van der Waals surface area contributed by atoms with Crippen LogP contribution in [0.2, 0.25) is 0 Å². The van der Waals surface area contributed by atoms with Gasteiger partial charge in [-0.05, 0) is 42.0 Å². The molecule has 0 bridgehead atoms. The van der Waals surface area contributed by atoms with Gasteiger partial charge in [-0.25, -0.2) is 4.79 Å². The molecule has 2 aliphatic heterocycles. The number of para-hydroxylation sites is 2. The van der Waals surface area contributed by atoms with Crippen LogP contribution in [0.4, 0.5) is 24.7 Å². The molecule has 7 nitrogen and oxygen atoms in total. The van der Waals surface area contributed by atoms with Crippen molar-refractivity contribution in [3.63, 3.8) is 0 Å². The van der Waals surface area contributed by atoms with E-state index in [1.165, 1.54) is 19.2 Å². The molecule has 1 aromatic heterocycles. The number of aromatic nitrogens is 2. The summed E-state index contributed by atoms with van der Waals surface area (Å²) in [6.07, 6.45) is -2.14. The number of fused-ring (bicyclic) bond motifs is 1. The molecule has 1 spiro atoms. The van der Waals surface area contributed by atoms with Crippen LogP contribution in [-0.2, 0) is 17.5 Å². The molecule has 1 fully saturated rings. The van der Waals surface area contributed by atoms with Crippen LogP contribution in [0, 0.1) is 0 Å². The average Bonchev–Trinajstić information content (AvgIpc) is 3.05. The van der Waals surface area contributed by atoms with Crippen LogP contribution in [0.3, 0.4) is 0 Å². The lowest BCUT2D eigenvalue weighted by Crippen LogP contribution is -2.49. The standard InChI is InChI=1S/C27H27F3N4O3/c1-36-25(35)21-9-10-24(32-31-21)33-14-11-26(12-15-33)13-16-34(22-7-2-3-8-23(22)37-26)18-19-5-4-6-20(17-19)27(28,29)30/h2-10,17H,11-16,18H2,1H3. The van der Waals surface area contributed by atoms with Crippen LogP contribution in [0.15, 0.2) is 60.7 Å². The SMILES string of the molecule is COC(=O)c1ccc(N2CCC3(CC2)CCN(Cc2cccc(C(F)(F)F)c2)c2ccccc2O3)nn1. The first kappa shape index (κ1) is 24.9. The molecular formula is C27H27F3N4O3. The quantitative estimate of drug-likeness (QED) is 0.450. The largest absolute Gasteiger partial charge is 0.485 e. The zero-order chi connectivity index (χ0) is 26.0. The van der Waals surface area contributed by atoms with E-state index in [1.807, 2.05) is 24.3 Å². The Morgan fingerprint density at radius 3 is 2.46 bits per heavy atom. The molecule has 194 valence electrons. The summed E-state index contributed by atoms with van der Waals surface area (Å²) in [6.45, 7) is 2.40. The molecule has 0 atom stereocenters. The van der Waals surface area contributed by atoms with Gasteiger partial charge in [0.25, 0.3) is 0 Å². The highest BCUT2D eigenvalue weighted by molar-refractivity contribution is 5.87. The van der Waals surface area contributed by atoms with Crippen molar-refractivity contribution in [2.45, 2.75) is 37.6 Å². The molecule has 2 aromatic carbocycles. The second kappa shape index (κ2) is 9.91. The highest BCUT2D eigenvalue weighted by Gasteiger charge is 2.40. The van der Waals surface area contributed by atoms with Crippen molar-refractivity contribution >= 4 is 17.5 Å². The number of anilines is 2. The number of carbonyl (C=O) groups excluding carboxylic acids is 1. The molecule has 0 aliphatic carbocycles. The zero-order valence-electron chi connectivity index (χ0n) is 20.4. The number of ether oxygens (including phenoxy) is 2.